The second-order valence-corrected chi connectivity index (χ2v) is 2.80. The number of rotatable bonds is 2. The van der Waals surface area contributed by atoms with Crippen LogP contribution in [0.1, 0.15) is 0 Å². The first-order valence-corrected chi connectivity index (χ1v) is 2.93. The highest BCUT2D eigenvalue weighted by Crippen LogP contribution is 2.43. The molecule has 0 spiro atoms. The lowest BCUT2D eigenvalue weighted by molar-refractivity contribution is -0.434. The van der Waals surface area contributed by atoms with Crippen LogP contribution in [0.15, 0.2) is 0 Å². The van der Waals surface area contributed by atoms with Crippen LogP contribution in [0.25, 0.3) is 0 Å². The minimum absolute atomic E-state index is 2.02. The van der Waals surface area contributed by atoms with E-state index in [9.17, 15) is 26.3 Å². The van der Waals surface area contributed by atoms with Crippen molar-refractivity contribution in [1.29, 1.82) is 0 Å². The van der Waals surface area contributed by atoms with Crippen molar-refractivity contribution >= 4 is 23.2 Å². The van der Waals surface area contributed by atoms with Gasteiger partial charge in [-0.2, -0.15) is 13.2 Å². The largest absolute Gasteiger partial charge is 0.527 e. The third-order valence-electron chi connectivity index (χ3n) is 0.574. The monoisotopic (exact) mass is 236 g/mol. The predicted octanol–water partition coefficient (Wildman–Crippen LogP) is 3.22. The summed E-state index contributed by atoms with van der Waals surface area (Å²) in [6.07, 6.45) is -11.1. The summed E-state index contributed by atoms with van der Waals surface area (Å²) in [5.41, 5.74) is 0. The van der Waals surface area contributed by atoms with Crippen LogP contribution in [0.2, 0.25) is 0 Å². The maximum Gasteiger partial charge on any atom is 0.527 e. The molecule has 12 heavy (non-hydrogen) atoms. The highest BCUT2D eigenvalue weighted by molar-refractivity contribution is 6.47. The van der Waals surface area contributed by atoms with Crippen molar-refractivity contribution in [2.75, 3.05) is 0 Å². The molecule has 74 valence electrons. The molecule has 0 fully saturated rings. The molecule has 0 radical (unpaired) electrons. The average molecular weight is 237 g/mol. The van der Waals surface area contributed by atoms with E-state index in [1.54, 1.807) is 0 Å². The van der Waals surface area contributed by atoms with Crippen molar-refractivity contribution in [3.8, 4) is 0 Å². The zero-order chi connectivity index (χ0) is 10.2. The van der Waals surface area contributed by atoms with Crippen LogP contribution in [0.4, 0.5) is 26.3 Å². The third-order valence-corrected chi connectivity index (χ3v) is 1.01. The van der Waals surface area contributed by atoms with Gasteiger partial charge in [0.2, 0.25) is 0 Å². The molecule has 0 aromatic carbocycles. The molecule has 0 N–H and O–H groups in total. The highest BCUT2D eigenvalue weighted by atomic mass is 35.5. The summed E-state index contributed by atoms with van der Waals surface area (Å²) < 4.78 is 66.4. The second-order valence-electron chi connectivity index (χ2n) is 1.56. The summed E-state index contributed by atoms with van der Waals surface area (Å²) in [5, 5.41) is 0. The van der Waals surface area contributed by atoms with Gasteiger partial charge in [0.05, 0.1) is 0 Å². The van der Waals surface area contributed by atoms with E-state index < -0.39 is 17.1 Å². The Bertz CT molecular complexity index is 159. The van der Waals surface area contributed by atoms with Gasteiger partial charge in [0.15, 0.2) is 0 Å². The molecule has 0 atom stereocenters. The molecule has 0 aliphatic carbocycles. The summed E-state index contributed by atoms with van der Waals surface area (Å²) in [6, 6.07) is 0. The van der Waals surface area contributed by atoms with E-state index in [4.69, 9.17) is 0 Å². The Hall–Kier alpha value is 0.120. The number of halogens is 8. The van der Waals surface area contributed by atoms with Gasteiger partial charge in [-0.15, -0.1) is 13.2 Å². The fraction of sp³-hybridized carbons (Fsp3) is 1.00. The number of ether oxygens (including phenoxy) is 1. The first-order chi connectivity index (χ1) is 4.96. The van der Waals surface area contributed by atoms with E-state index >= 15 is 0 Å². The SMILES string of the molecule is FC(F)(F)OC(F)(F)C(F)(Cl)Cl. The van der Waals surface area contributed by atoms with E-state index in [-0.39, 0.29) is 0 Å². The molecule has 0 amide bonds. The molecule has 0 saturated heterocycles. The van der Waals surface area contributed by atoms with Gasteiger partial charge in [-0.05, 0) is 0 Å². The molecule has 9 heteroatoms. The predicted molar refractivity (Wildman–Crippen MR) is 27.6 cm³/mol. The van der Waals surface area contributed by atoms with Gasteiger partial charge < -0.3 is 0 Å². The Kier molecular flexibility index (Phi) is 3.15. The molecule has 0 aliphatic rings. The standard InChI is InChI=1S/C3Cl2F6O/c4-1(5,6)2(7,8)12-3(9,10)11. The normalized spacial score (nSPS) is 15.0. The molecule has 1 nitrogen and oxygen atoms in total. The van der Waals surface area contributed by atoms with Crippen molar-refractivity contribution in [2.45, 2.75) is 17.1 Å². The lowest BCUT2D eigenvalue weighted by atomic mass is 10.7. The van der Waals surface area contributed by atoms with E-state index in [0.717, 1.165) is 0 Å². The molecule has 0 aromatic rings. The summed E-state index contributed by atoms with van der Waals surface area (Å²) >= 11 is 8.11. The molecule has 0 bridgehead atoms. The fourth-order valence-corrected chi connectivity index (χ4v) is 0.280. The lowest BCUT2D eigenvalue weighted by Gasteiger charge is -2.22. The van der Waals surface area contributed by atoms with Crippen LogP contribution in [0, 0.1) is 0 Å². The molecule has 0 rings (SSSR count). The van der Waals surface area contributed by atoms with Gasteiger partial charge in [0, 0.05) is 0 Å². The number of hydrogen-bond donors (Lipinski definition) is 0. The quantitative estimate of drug-likeness (QED) is 0.529. The molecule has 0 aliphatic heterocycles. The van der Waals surface area contributed by atoms with Crippen LogP contribution in [-0.2, 0) is 4.74 Å². The van der Waals surface area contributed by atoms with Gasteiger partial charge in [0.1, 0.15) is 0 Å². The van der Waals surface area contributed by atoms with Crippen molar-refractivity contribution in [1.82, 2.24) is 0 Å². The van der Waals surface area contributed by atoms with E-state index in [0.29, 0.717) is 0 Å². The van der Waals surface area contributed by atoms with E-state index in [1.807, 2.05) is 4.74 Å². The zero-order valence-electron chi connectivity index (χ0n) is 4.93. The first-order valence-electron chi connectivity index (χ1n) is 2.17. The van der Waals surface area contributed by atoms with Gasteiger partial charge in [-0.1, -0.05) is 23.2 Å². The number of hydrogen-bond acceptors (Lipinski definition) is 1. The van der Waals surface area contributed by atoms with Crippen LogP contribution in [0.3, 0.4) is 0 Å². The van der Waals surface area contributed by atoms with Gasteiger partial charge >= 0.3 is 17.1 Å². The Balaban J connectivity index is 4.44. The summed E-state index contributed by atoms with van der Waals surface area (Å²) in [4.78, 5) is 0. The van der Waals surface area contributed by atoms with Gasteiger partial charge in [0.25, 0.3) is 0 Å². The zero-order valence-corrected chi connectivity index (χ0v) is 6.44. The van der Waals surface area contributed by atoms with E-state index in [2.05, 4.69) is 23.2 Å². The minimum atomic E-state index is -5.72. The van der Waals surface area contributed by atoms with Gasteiger partial charge in [-0.3, -0.25) is 0 Å². The van der Waals surface area contributed by atoms with Crippen LogP contribution in [0.5, 0.6) is 0 Å². The molecule has 0 heterocycles. The molecule has 0 unspecified atom stereocenters. The molecular weight excluding hydrogens is 237 g/mol. The molecule has 0 aromatic heterocycles. The average Bonchev–Trinajstić information content (AvgIpc) is 1.52. The van der Waals surface area contributed by atoms with Crippen molar-refractivity contribution in [2.24, 2.45) is 0 Å². The molecule has 0 saturated carbocycles. The number of alkyl halides is 8. The van der Waals surface area contributed by atoms with Gasteiger partial charge in [-0.25, -0.2) is 4.74 Å². The maximum atomic E-state index is 11.9. The van der Waals surface area contributed by atoms with Crippen molar-refractivity contribution in [3.05, 3.63) is 0 Å². The smallest absolute Gasteiger partial charge is 0.221 e. The summed E-state index contributed by atoms with van der Waals surface area (Å²) in [6.45, 7) is 0. The Morgan fingerprint density at radius 1 is 0.833 bits per heavy atom. The maximum absolute atomic E-state index is 11.9. The second kappa shape index (κ2) is 3.12. The Labute approximate surface area is 72.2 Å². The highest BCUT2D eigenvalue weighted by Gasteiger charge is 2.60. The van der Waals surface area contributed by atoms with Crippen LogP contribution >= 0.6 is 23.2 Å². The first kappa shape index (κ1) is 12.1. The summed E-state index contributed by atoms with van der Waals surface area (Å²) in [5.74, 6) is 0. The van der Waals surface area contributed by atoms with Crippen molar-refractivity contribution < 1.29 is 31.1 Å². The Morgan fingerprint density at radius 3 is 1.25 bits per heavy atom. The minimum Gasteiger partial charge on any atom is -0.221 e. The summed E-state index contributed by atoms with van der Waals surface area (Å²) in [7, 11) is 0. The molecular formula is C3Cl2F6O. The lowest BCUT2D eigenvalue weighted by Crippen LogP contribution is -2.41. The topological polar surface area (TPSA) is 9.23 Å². The van der Waals surface area contributed by atoms with E-state index in [1.165, 1.54) is 0 Å². The van der Waals surface area contributed by atoms with Crippen LogP contribution in [-0.4, -0.2) is 17.1 Å². The van der Waals surface area contributed by atoms with Crippen molar-refractivity contribution in [3.63, 3.8) is 0 Å². The Morgan fingerprint density at radius 2 is 1.17 bits per heavy atom. The fourth-order valence-electron chi connectivity index (χ4n) is 0.203. The third kappa shape index (κ3) is 3.68. The van der Waals surface area contributed by atoms with Crippen LogP contribution < -0.4 is 0 Å².